The van der Waals surface area contributed by atoms with E-state index in [9.17, 15) is 8.78 Å². The molecule has 0 amide bonds. The molecule has 1 fully saturated rings. The van der Waals surface area contributed by atoms with E-state index in [4.69, 9.17) is 0 Å². The van der Waals surface area contributed by atoms with Gasteiger partial charge in [-0.1, -0.05) is 6.92 Å². The molecule has 1 atom stereocenters. The highest BCUT2D eigenvalue weighted by atomic mass is 32.1. The van der Waals surface area contributed by atoms with Crippen LogP contribution in [0.4, 0.5) is 8.78 Å². The Bertz CT molecular complexity index is 393. The topological polar surface area (TPSA) is 12.0 Å². The van der Waals surface area contributed by atoms with E-state index in [1.807, 2.05) is 0 Å². The maximum Gasteiger partial charge on any atom is 0.248 e. The van der Waals surface area contributed by atoms with Crippen LogP contribution in [0, 0.1) is 12.8 Å². The number of thiophene rings is 1. The molecule has 1 aliphatic rings. The van der Waals surface area contributed by atoms with E-state index in [1.165, 1.54) is 10.4 Å². The van der Waals surface area contributed by atoms with E-state index < -0.39 is 5.92 Å². The Morgan fingerprint density at radius 1 is 1.42 bits per heavy atom. The Labute approximate surface area is 118 Å². The van der Waals surface area contributed by atoms with Gasteiger partial charge in [0.1, 0.15) is 0 Å². The van der Waals surface area contributed by atoms with Crippen molar-refractivity contribution in [3.63, 3.8) is 0 Å². The monoisotopic (exact) mass is 287 g/mol. The normalized spacial score (nSPS) is 21.5. The fourth-order valence-electron chi connectivity index (χ4n) is 2.88. The first kappa shape index (κ1) is 14.9. The van der Waals surface area contributed by atoms with E-state index in [2.05, 4.69) is 30.6 Å². The van der Waals surface area contributed by atoms with Gasteiger partial charge in [-0.05, 0) is 55.7 Å². The summed E-state index contributed by atoms with van der Waals surface area (Å²) in [4.78, 5) is 1.29. The zero-order valence-electron chi connectivity index (χ0n) is 11.7. The van der Waals surface area contributed by atoms with Crippen LogP contribution in [0.25, 0.3) is 0 Å². The van der Waals surface area contributed by atoms with Crippen LogP contribution in [0.1, 0.15) is 55.5 Å². The van der Waals surface area contributed by atoms with Crippen molar-refractivity contribution in [2.75, 3.05) is 6.54 Å². The van der Waals surface area contributed by atoms with E-state index >= 15 is 0 Å². The minimum atomic E-state index is -2.43. The lowest BCUT2D eigenvalue weighted by Gasteiger charge is -2.34. The number of aryl methyl sites for hydroxylation is 1. The van der Waals surface area contributed by atoms with E-state index in [-0.39, 0.29) is 18.9 Å². The van der Waals surface area contributed by atoms with Crippen molar-refractivity contribution in [3.05, 3.63) is 21.9 Å². The Kier molecular flexibility index (Phi) is 4.96. The van der Waals surface area contributed by atoms with Gasteiger partial charge < -0.3 is 5.32 Å². The first-order chi connectivity index (χ1) is 9.02. The molecule has 4 heteroatoms. The van der Waals surface area contributed by atoms with Gasteiger partial charge in [0.25, 0.3) is 0 Å². The first-order valence-electron chi connectivity index (χ1n) is 7.18. The minimum Gasteiger partial charge on any atom is -0.310 e. The Balaban J connectivity index is 2.05. The van der Waals surface area contributed by atoms with Crippen LogP contribution >= 0.6 is 11.3 Å². The lowest BCUT2D eigenvalue weighted by molar-refractivity contribution is -0.0497. The molecule has 1 N–H and O–H groups in total. The molecular formula is C15H23F2NS. The fraction of sp³-hybridized carbons (Fsp3) is 0.733. The van der Waals surface area contributed by atoms with Gasteiger partial charge in [0.2, 0.25) is 5.92 Å². The summed E-state index contributed by atoms with van der Waals surface area (Å²) in [6.45, 7) is 5.18. The average molecular weight is 287 g/mol. The number of alkyl halides is 2. The molecule has 0 aromatic carbocycles. The van der Waals surface area contributed by atoms with Crippen LogP contribution < -0.4 is 5.32 Å². The molecule has 1 saturated carbocycles. The smallest absolute Gasteiger partial charge is 0.248 e. The van der Waals surface area contributed by atoms with Crippen LogP contribution in [0.15, 0.2) is 11.4 Å². The molecule has 1 nitrogen and oxygen atoms in total. The number of hydrogen-bond acceptors (Lipinski definition) is 2. The van der Waals surface area contributed by atoms with Gasteiger partial charge in [-0.2, -0.15) is 0 Å². The third kappa shape index (κ3) is 3.99. The highest BCUT2D eigenvalue weighted by Crippen LogP contribution is 2.41. The molecule has 0 radical (unpaired) electrons. The maximum absolute atomic E-state index is 13.3. The van der Waals surface area contributed by atoms with E-state index in [0.717, 1.165) is 13.0 Å². The molecule has 0 aliphatic heterocycles. The van der Waals surface area contributed by atoms with Crippen molar-refractivity contribution in [3.8, 4) is 0 Å². The van der Waals surface area contributed by atoms with E-state index in [1.54, 1.807) is 11.3 Å². The second-order valence-corrected chi connectivity index (χ2v) is 6.73. The summed E-state index contributed by atoms with van der Waals surface area (Å²) in [5, 5.41) is 5.73. The quantitative estimate of drug-likeness (QED) is 0.810. The largest absolute Gasteiger partial charge is 0.310 e. The summed E-state index contributed by atoms with van der Waals surface area (Å²) in [5.41, 5.74) is 1.28. The summed E-state index contributed by atoms with van der Waals surface area (Å²) < 4.78 is 26.6. The Hall–Kier alpha value is -0.480. The summed E-state index contributed by atoms with van der Waals surface area (Å²) in [7, 11) is 0. The molecule has 1 aromatic rings. The predicted octanol–water partition coefficient (Wildman–Crippen LogP) is 4.92. The van der Waals surface area contributed by atoms with Crippen LogP contribution in [-0.4, -0.2) is 12.5 Å². The zero-order chi connectivity index (χ0) is 13.9. The molecule has 0 saturated heterocycles. The van der Waals surface area contributed by atoms with Gasteiger partial charge in [0, 0.05) is 23.8 Å². The molecule has 108 valence electrons. The molecule has 2 rings (SSSR count). The summed E-state index contributed by atoms with van der Waals surface area (Å²) in [6.07, 6.45) is 2.42. The minimum absolute atomic E-state index is 0.0467. The second-order valence-electron chi connectivity index (χ2n) is 5.62. The third-order valence-corrected chi connectivity index (χ3v) is 4.84. The average Bonchev–Trinajstić information content (AvgIpc) is 2.78. The first-order valence-corrected chi connectivity index (χ1v) is 8.06. The van der Waals surface area contributed by atoms with Gasteiger partial charge in [-0.15, -0.1) is 11.3 Å². The van der Waals surface area contributed by atoms with Crippen molar-refractivity contribution in [2.45, 2.75) is 57.9 Å². The molecule has 19 heavy (non-hydrogen) atoms. The SMILES string of the molecule is CCCNC(c1csc(C)c1)C1CCC(F)(F)CC1. The van der Waals surface area contributed by atoms with Crippen molar-refractivity contribution >= 4 is 11.3 Å². The lowest BCUT2D eigenvalue weighted by Crippen LogP contribution is -2.34. The standard InChI is InChI=1S/C15H23F2NS/c1-3-8-18-14(13-9-11(2)19-10-13)12-4-6-15(16,17)7-5-12/h9-10,12,14,18H,3-8H2,1-2H3. The number of rotatable bonds is 5. The number of halogens is 2. The zero-order valence-corrected chi connectivity index (χ0v) is 12.5. The third-order valence-electron chi connectivity index (χ3n) is 3.96. The van der Waals surface area contributed by atoms with Crippen molar-refractivity contribution in [2.24, 2.45) is 5.92 Å². The molecule has 1 heterocycles. The predicted molar refractivity (Wildman–Crippen MR) is 77.0 cm³/mol. The van der Waals surface area contributed by atoms with E-state index in [0.29, 0.717) is 18.8 Å². The van der Waals surface area contributed by atoms with Gasteiger partial charge in [0.15, 0.2) is 0 Å². The van der Waals surface area contributed by atoms with Gasteiger partial charge >= 0.3 is 0 Å². The molecule has 0 bridgehead atoms. The fourth-order valence-corrected chi connectivity index (χ4v) is 3.62. The molecule has 1 aliphatic carbocycles. The Morgan fingerprint density at radius 3 is 2.63 bits per heavy atom. The highest BCUT2D eigenvalue weighted by molar-refractivity contribution is 7.10. The maximum atomic E-state index is 13.3. The summed E-state index contributed by atoms with van der Waals surface area (Å²) >= 11 is 1.74. The van der Waals surface area contributed by atoms with Crippen molar-refractivity contribution < 1.29 is 8.78 Å². The van der Waals surface area contributed by atoms with Crippen molar-refractivity contribution in [1.82, 2.24) is 5.32 Å². The molecule has 1 aromatic heterocycles. The Morgan fingerprint density at radius 2 is 2.11 bits per heavy atom. The molecular weight excluding hydrogens is 264 g/mol. The summed E-state index contributed by atoms with van der Waals surface area (Å²) in [5.74, 6) is -2.09. The number of hydrogen-bond donors (Lipinski definition) is 1. The molecule has 0 spiro atoms. The van der Waals surface area contributed by atoms with Gasteiger partial charge in [-0.25, -0.2) is 8.78 Å². The summed E-state index contributed by atoms with van der Waals surface area (Å²) in [6, 6.07) is 2.45. The highest BCUT2D eigenvalue weighted by Gasteiger charge is 2.37. The van der Waals surface area contributed by atoms with Crippen LogP contribution in [0.5, 0.6) is 0 Å². The van der Waals surface area contributed by atoms with Crippen LogP contribution in [-0.2, 0) is 0 Å². The van der Waals surface area contributed by atoms with Crippen LogP contribution in [0.2, 0.25) is 0 Å². The lowest BCUT2D eigenvalue weighted by atomic mass is 9.80. The number of nitrogens with one attached hydrogen (secondary N) is 1. The van der Waals surface area contributed by atoms with Crippen molar-refractivity contribution in [1.29, 1.82) is 0 Å². The second kappa shape index (κ2) is 6.31. The molecule has 1 unspecified atom stereocenters. The van der Waals surface area contributed by atoms with Gasteiger partial charge in [0.05, 0.1) is 0 Å². The van der Waals surface area contributed by atoms with Gasteiger partial charge in [-0.3, -0.25) is 0 Å². The van der Waals surface area contributed by atoms with Crippen LogP contribution in [0.3, 0.4) is 0 Å².